The highest BCUT2D eigenvalue weighted by Gasteiger charge is 2.19. The van der Waals surface area contributed by atoms with Gasteiger partial charge in [0.1, 0.15) is 5.82 Å². The van der Waals surface area contributed by atoms with E-state index in [1.807, 2.05) is 27.2 Å². The molecule has 4 nitrogen and oxygen atoms in total. The van der Waals surface area contributed by atoms with E-state index in [0.29, 0.717) is 6.54 Å². The van der Waals surface area contributed by atoms with Gasteiger partial charge in [0.2, 0.25) is 0 Å². The van der Waals surface area contributed by atoms with Crippen LogP contribution in [0.15, 0.2) is 29.3 Å². The quantitative estimate of drug-likeness (QED) is 0.681. The second kappa shape index (κ2) is 7.41. The van der Waals surface area contributed by atoms with Crippen molar-refractivity contribution in [3.05, 3.63) is 35.6 Å². The van der Waals surface area contributed by atoms with E-state index in [-0.39, 0.29) is 11.9 Å². The molecule has 0 saturated carbocycles. The number of likely N-dealkylation sites (N-methyl/N-ethyl adjacent to an activating group) is 1. The average molecular weight is 292 g/mol. The third kappa shape index (κ3) is 4.17. The lowest BCUT2D eigenvalue weighted by Crippen LogP contribution is -2.43. The molecule has 2 rings (SSSR count). The Morgan fingerprint density at radius 1 is 1.38 bits per heavy atom. The molecule has 0 spiro atoms. The number of rotatable bonds is 4. The van der Waals surface area contributed by atoms with Crippen molar-refractivity contribution in [3.8, 4) is 0 Å². The van der Waals surface area contributed by atoms with E-state index in [4.69, 9.17) is 0 Å². The summed E-state index contributed by atoms with van der Waals surface area (Å²) in [6.45, 7) is 2.83. The molecule has 1 N–H and O–H groups in total. The standard InChI is InChI=1S/C16H25FN4/c1-18-16(21-9-4-5-10-21)19-12-15(20(2)3)13-7-6-8-14(17)11-13/h6-8,11,15H,4-5,9-10,12H2,1-3H3,(H,18,19). The van der Waals surface area contributed by atoms with Crippen molar-refractivity contribution >= 4 is 5.96 Å². The Hall–Kier alpha value is -1.62. The van der Waals surface area contributed by atoms with Gasteiger partial charge < -0.3 is 15.1 Å². The van der Waals surface area contributed by atoms with Crippen molar-refractivity contribution in [2.24, 2.45) is 4.99 Å². The van der Waals surface area contributed by atoms with E-state index >= 15 is 0 Å². The molecule has 0 aliphatic carbocycles. The molecule has 1 unspecified atom stereocenters. The zero-order valence-electron chi connectivity index (χ0n) is 13.1. The van der Waals surface area contributed by atoms with Crippen molar-refractivity contribution < 1.29 is 4.39 Å². The molecule has 5 heteroatoms. The maximum absolute atomic E-state index is 13.4. The minimum atomic E-state index is -0.191. The summed E-state index contributed by atoms with van der Waals surface area (Å²) in [6.07, 6.45) is 2.45. The van der Waals surface area contributed by atoms with Gasteiger partial charge in [0.25, 0.3) is 0 Å². The number of aliphatic imine (C=N–C) groups is 1. The summed E-state index contributed by atoms with van der Waals surface area (Å²) in [5.41, 5.74) is 0.976. The number of hydrogen-bond acceptors (Lipinski definition) is 2. The van der Waals surface area contributed by atoms with Crippen molar-refractivity contribution in [2.45, 2.75) is 18.9 Å². The van der Waals surface area contributed by atoms with Crippen LogP contribution in [0.1, 0.15) is 24.4 Å². The summed E-state index contributed by atoms with van der Waals surface area (Å²) in [5, 5.41) is 3.42. The zero-order valence-corrected chi connectivity index (χ0v) is 13.1. The van der Waals surface area contributed by atoms with Gasteiger partial charge in [-0.3, -0.25) is 4.99 Å². The Kier molecular flexibility index (Phi) is 5.56. The smallest absolute Gasteiger partial charge is 0.193 e. The van der Waals surface area contributed by atoms with Crippen LogP contribution in [0.2, 0.25) is 0 Å². The van der Waals surface area contributed by atoms with Crippen LogP contribution in [0, 0.1) is 5.82 Å². The molecule has 0 aromatic heterocycles. The number of hydrogen-bond donors (Lipinski definition) is 1. The van der Waals surface area contributed by atoms with Crippen LogP contribution < -0.4 is 5.32 Å². The zero-order chi connectivity index (χ0) is 15.2. The molecule has 1 fully saturated rings. The van der Waals surface area contributed by atoms with Crippen LogP contribution in [0.3, 0.4) is 0 Å². The van der Waals surface area contributed by atoms with Gasteiger partial charge in [0.05, 0.1) is 6.04 Å². The lowest BCUT2D eigenvalue weighted by Gasteiger charge is -2.28. The third-order valence-electron chi connectivity index (χ3n) is 3.93. The topological polar surface area (TPSA) is 30.9 Å². The minimum absolute atomic E-state index is 0.111. The number of halogens is 1. The first-order valence-corrected chi connectivity index (χ1v) is 7.49. The Labute approximate surface area is 126 Å². The van der Waals surface area contributed by atoms with Gasteiger partial charge in [-0.15, -0.1) is 0 Å². The predicted octanol–water partition coefficient (Wildman–Crippen LogP) is 2.10. The number of nitrogens with one attached hydrogen (secondary N) is 1. The highest BCUT2D eigenvalue weighted by Crippen LogP contribution is 2.18. The molecule has 1 aromatic rings. The third-order valence-corrected chi connectivity index (χ3v) is 3.93. The van der Waals surface area contributed by atoms with Gasteiger partial charge in [-0.05, 0) is 44.6 Å². The largest absolute Gasteiger partial charge is 0.354 e. The van der Waals surface area contributed by atoms with Gasteiger partial charge in [-0.2, -0.15) is 0 Å². The van der Waals surface area contributed by atoms with Crippen molar-refractivity contribution in [2.75, 3.05) is 40.8 Å². The number of nitrogens with zero attached hydrogens (tertiary/aromatic N) is 3. The summed E-state index contributed by atoms with van der Waals surface area (Å²) in [4.78, 5) is 8.72. The van der Waals surface area contributed by atoms with Crippen molar-refractivity contribution in [1.82, 2.24) is 15.1 Å². The molecule has 1 heterocycles. The highest BCUT2D eigenvalue weighted by atomic mass is 19.1. The fourth-order valence-electron chi connectivity index (χ4n) is 2.76. The first kappa shape index (κ1) is 15.8. The molecular weight excluding hydrogens is 267 g/mol. The molecule has 21 heavy (non-hydrogen) atoms. The second-order valence-electron chi connectivity index (χ2n) is 5.66. The van der Waals surface area contributed by atoms with E-state index in [1.165, 1.54) is 18.9 Å². The lowest BCUT2D eigenvalue weighted by molar-refractivity contribution is 0.295. The van der Waals surface area contributed by atoms with E-state index in [0.717, 1.165) is 24.6 Å². The Bertz CT molecular complexity index is 481. The van der Waals surface area contributed by atoms with Crippen molar-refractivity contribution in [3.63, 3.8) is 0 Å². The molecule has 1 saturated heterocycles. The van der Waals surface area contributed by atoms with Crippen LogP contribution >= 0.6 is 0 Å². The van der Waals surface area contributed by atoms with Crippen LogP contribution in [0.25, 0.3) is 0 Å². The van der Waals surface area contributed by atoms with E-state index in [1.54, 1.807) is 12.1 Å². The van der Waals surface area contributed by atoms with E-state index < -0.39 is 0 Å². The molecule has 116 valence electrons. The number of benzene rings is 1. The molecule has 0 bridgehead atoms. The maximum atomic E-state index is 13.4. The first-order valence-electron chi connectivity index (χ1n) is 7.49. The summed E-state index contributed by atoms with van der Waals surface area (Å²) in [6, 6.07) is 6.92. The number of guanidine groups is 1. The molecular formula is C16H25FN4. The summed E-state index contributed by atoms with van der Waals surface area (Å²) >= 11 is 0. The molecule has 0 radical (unpaired) electrons. The monoisotopic (exact) mass is 292 g/mol. The van der Waals surface area contributed by atoms with Crippen molar-refractivity contribution in [1.29, 1.82) is 0 Å². The van der Waals surface area contributed by atoms with Gasteiger partial charge in [0.15, 0.2) is 5.96 Å². The van der Waals surface area contributed by atoms with E-state index in [2.05, 4.69) is 20.1 Å². The highest BCUT2D eigenvalue weighted by molar-refractivity contribution is 5.80. The van der Waals surface area contributed by atoms with Crippen LogP contribution in [0.5, 0.6) is 0 Å². The summed E-state index contributed by atoms with van der Waals surface area (Å²) < 4.78 is 13.4. The Morgan fingerprint density at radius 3 is 2.67 bits per heavy atom. The molecule has 0 amide bonds. The molecule has 1 aliphatic heterocycles. The van der Waals surface area contributed by atoms with Crippen LogP contribution in [-0.4, -0.2) is 56.5 Å². The predicted molar refractivity (Wildman–Crippen MR) is 85.0 cm³/mol. The fraction of sp³-hybridized carbons (Fsp3) is 0.562. The van der Waals surface area contributed by atoms with Gasteiger partial charge in [0, 0.05) is 26.7 Å². The lowest BCUT2D eigenvalue weighted by atomic mass is 10.1. The average Bonchev–Trinajstić information content (AvgIpc) is 2.97. The molecule has 1 atom stereocenters. The maximum Gasteiger partial charge on any atom is 0.193 e. The minimum Gasteiger partial charge on any atom is -0.354 e. The normalized spacial score (nSPS) is 17.4. The Morgan fingerprint density at radius 2 is 2.10 bits per heavy atom. The van der Waals surface area contributed by atoms with Crippen LogP contribution in [-0.2, 0) is 0 Å². The van der Waals surface area contributed by atoms with Gasteiger partial charge >= 0.3 is 0 Å². The van der Waals surface area contributed by atoms with Gasteiger partial charge in [-0.25, -0.2) is 4.39 Å². The second-order valence-corrected chi connectivity index (χ2v) is 5.66. The van der Waals surface area contributed by atoms with E-state index in [9.17, 15) is 4.39 Å². The molecule has 1 aromatic carbocycles. The SMILES string of the molecule is CN=C(NCC(c1cccc(F)c1)N(C)C)N1CCCC1. The first-order chi connectivity index (χ1) is 10.1. The Balaban J connectivity index is 2.03. The fourth-order valence-corrected chi connectivity index (χ4v) is 2.76. The summed E-state index contributed by atoms with van der Waals surface area (Å²) in [7, 11) is 5.83. The molecule has 1 aliphatic rings. The summed E-state index contributed by atoms with van der Waals surface area (Å²) in [5.74, 6) is 0.749. The van der Waals surface area contributed by atoms with Gasteiger partial charge in [-0.1, -0.05) is 12.1 Å². The van der Waals surface area contributed by atoms with Crippen LogP contribution in [0.4, 0.5) is 4.39 Å². The number of likely N-dealkylation sites (tertiary alicyclic amines) is 1.